The van der Waals surface area contributed by atoms with Crippen LogP contribution in [0, 0.1) is 13.8 Å². The summed E-state index contributed by atoms with van der Waals surface area (Å²) in [6.45, 7) is 8.75. The van der Waals surface area contributed by atoms with E-state index < -0.39 is 0 Å². The largest absolute Gasteiger partial charge is 0.329 e. The van der Waals surface area contributed by atoms with E-state index in [1.54, 1.807) is 0 Å². The lowest BCUT2D eigenvalue weighted by atomic mass is 9.99. The smallest absolute Gasteiger partial charge is 0.0547 e. The van der Waals surface area contributed by atoms with Crippen molar-refractivity contribution >= 4 is 0 Å². The highest BCUT2D eigenvalue weighted by molar-refractivity contribution is 5.29. The standard InChI is InChI=1S/C18H25N3/c1-4-21(13-16-10-7-9-15(3)20-16)18(12-19)17-11-6-5-8-14(17)2/h5-11,18H,4,12-13,19H2,1-3H3. The third-order valence-corrected chi connectivity index (χ3v) is 3.93. The Morgan fingerprint density at radius 1 is 1.10 bits per heavy atom. The van der Waals surface area contributed by atoms with E-state index in [0.29, 0.717) is 6.54 Å². The minimum atomic E-state index is 0.235. The fraction of sp³-hybridized carbons (Fsp3) is 0.389. The van der Waals surface area contributed by atoms with Gasteiger partial charge in [0.2, 0.25) is 0 Å². The van der Waals surface area contributed by atoms with Crippen molar-refractivity contribution in [3.8, 4) is 0 Å². The second-order valence-corrected chi connectivity index (χ2v) is 5.44. The van der Waals surface area contributed by atoms with Crippen molar-refractivity contribution in [2.24, 2.45) is 5.73 Å². The van der Waals surface area contributed by atoms with Gasteiger partial charge in [-0.3, -0.25) is 9.88 Å². The lowest BCUT2D eigenvalue weighted by molar-refractivity contribution is 0.200. The van der Waals surface area contributed by atoms with Gasteiger partial charge in [0.05, 0.1) is 5.69 Å². The highest BCUT2D eigenvalue weighted by Gasteiger charge is 2.19. The number of aryl methyl sites for hydroxylation is 2. The minimum Gasteiger partial charge on any atom is -0.329 e. The first-order valence-corrected chi connectivity index (χ1v) is 7.58. The number of rotatable bonds is 6. The maximum absolute atomic E-state index is 6.07. The Bertz CT molecular complexity index is 580. The molecule has 2 N–H and O–H groups in total. The summed E-state index contributed by atoms with van der Waals surface area (Å²) in [7, 11) is 0. The molecule has 3 heteroatoms. The highest BCUT2D eigenvalue weighted by atomic mass is 15.2. The number of nitrogens with two attached hydrogens (primary N) is 1. The third kappa shape index (κ3) is 3.90. The maximum atomic E-state index is 6.07. The second-order valence-electron chi connectivity index (χ2n) is 5.44. The van der Waals surface area contributed by atoms with Crippen LogP contribution in [-0.4, -0.2) is 23.0 Å². The van der Waals surface area contributed by atoms with Crippen LogP contribution in [0.4, 0.5) is 0 Å². The first-order valence-electron chi connectivity index (χ1n) is 7.58. The average Bonchev–Trinajstić information content (AvgIpc) is 2.48. The van der Waals surface area contributed by atoms with E-state index in [-0.39, 0.29) is 6.04 Å². The van der Waals surface area contributed by atoms with Gasteiger partial charge in [-0.2, -0.15) is 0 Å². The summed E-state index contributed by atoms with van der Waals surface area (Å²) >= 11 is 0. The van der Waals surface area contributed by atoms with Gasteiger partial charge in [-0.25, -0.2) is 0 Å². The zero-order valence-corrected chi connectivity index (χ0v) is 13.2. The Morgan fingerprint density at radius 2 is 1.86 bits per heavy atom. The molecular weight excluding hydrogens is 258 g/mol. The number of nitrogens with zero attached hydrogens (tertiary/aromatic N) is 2. The molecule has 2 rings (SSSR count). The van der Waals surface area contributed by atoms with Gasteiger partial charge >= 0.3 is 0 Å². The van der Waals surface area contributed by atoms with E-state index in [0.717, 1.165) is 24.5 Å². The molecule has 0 radical (unpaired) electrons. The van der Waals surface area contributed by atoms with E-state index in [9.17, 15) is 0 Å². The average molecular weight is 283 g/mol. The number of aromatic nitrogens is 1. The van der Waals surface area contributed by atoms with Gasteiger partial charge in [-0.15, -0.1) is 0 Å². The number of hydrogen-bond acceptors (Lipinski definition) is 3. The molecule has 21 heavy (non-hydrogen) atoms. The molecule has 1 unspecified atom stereocenters. The summed E-state index contributed by atoms with van der Waals surface area (Å²) in [6, 6.07) is 14.9. The molecule has 0 aliphatic heterocycles. The molecule has 1 atom stereocenters. The molecule has 1 aromatic carbocycles. The van der Waals surface area contributed by atoms with E-state index in [2.05, 4.69) is 60.1 Å². The van der Waals surface area contributed by atoms with Gasteiger partial charge in [0.1, 0.15) is 0 Å². The van der Waals surface area contributed by atoms with Gasteiger partial charge in [0, 0.05) is 24.8 Å². The minimum absolute atomic E-state index is 0.235. The molecule has 0 bridgehead atoms. The predicted molar refractivity (Wildman–Crippen MR) is 88.0 cm³/mol. The first kappa shape index (κ1) is 15.7. The van der Waals surface area contributed by atoms with Crippen LogP contribution >= 0.6 is 0 Å². The molecule has 3 nitrogen and oxygen atoms in total. The summed E-state index contributed by atoms with van der Waals surface area (Å²) in [5, 5.41) is 0. The van der Waals surface area contributed by atoms with E-state index in [1.165, 1.54) is 11.1 Å². The van der Waals surface area contributed by atoms with Crippen molar-refractivity contribution in [1.29, 1.82) is 0 Å². The fourth-order valence-electron chi connectivity index (χ4n) is 2.77. The Hall–Kier alpha value is -1.71. The number of benzene rings is 1. The van der Waals surface area contributed by atoms with Crippen LogP contribution < -0.4 is 5.73 Å². The number of likely N-dealkylation sites (N-methyl/N-ethyl adjacent to an activating group) is 1. The Balaban J connectivity index is 2.24. The molecule has 0 aliphatic carbocycles. The Kier molecular flexibility index (Phi) is 5.48. The summed E-state index contributed by atoms with van der Waals surface area (Å²) < 4.78 is 0. The van der Waals surface area contributed by atoms with Crippen molar-refractivity contribution in [2.75, 3.05) is 13.1 Å². The summed E-state index contributed by atoms with van der Waals surface area (Å²) in [5.74, 6) is 0. The maximum Gasteiger partial charge on any atom is 0.0547 e. The van der Waals surface area contributed by atoms with Crippen molar-refractivity contribution in [2.45, 2.75) is 33.4 Å². The third-order valence-electron chi connectivity index (χ3n) is 3.93. The Morgan fingerprint density at radius 3 is 2.48 bits per heavy atom. The van der Waals surface area contributed by atoms with Gasteiger partial charge in [0.15, 0.2) is 0 Å². The molecule has 112 valence electrons. The van der Waals surface area contributed by atoms with Gasteiger partial charge in [-0.05, 0) is 43.7 Å². The van der Waals surface area contributed by atoms with Crippen molar-refractivity contribution in [1.82, 2.24) is 9.88 Å². The highest BCUT2D eigenvalue weighted by Crippen LogP contribution is 2.24. The second kappa shape index (κ2) is 7.34. The molecule has 0 aliphatic rings. The van der Waals surface area contributed by atoms with E-state index in [4.69, 9.17) is 5.73 Å². The van der Waals surface area contributed by atoms with Crippen LogP contribution in [0.1, 0.15) is 35.5 Å². The van der Waals surface area contributed by atoms with Crippen LogP contribution in [0.3, 0.4) is 0 Å². The summed E-state index contributed by atoms with van der Waals surface area (Å²) in [4.78, 5) is 7.00. The topological polar surface area (TPSA) is 42.2 Å². The molecule has 0 fully saturated rings. The lowest BCUT2D eigenvalue weighted by Crippen LogP contribution is -2.34. The zero-order valence-electron chi connectivity index (χ0n) is 13.2. The molecule has 0 saturated carbocycles. The number of pyridine rings is 1. The van der Waals surface area contributed by atoms with Crippen molar-refractivity contribution < 1.29 is 0 Å². The van der Waals surface area contributed by atoms with Gasteiger partial charge in [-0.1, -0.05) is 37.3 Å². The van der Waals surface area contributed by atoms with Crippen LogP contribution in [0.2, 0.25) is 0 Å². The van der Waals surface area contributed by atoms with E-state index in [1.807, 2.05) is 13.0 Å². The van der Waals surface area contributed by atoms with Crippen LogP contribution in [0.5, 0.6) is 0 Å². The van der Waals surface area contributed by atoms with Crippen LogP contribution in [0.15, 0.2) is 42.5 Å². The summed E-state index contributed by atoms with van der Waals surface area (Å²) in [6.07, 6.45) is 0. The molecule has 2 aromatic rings. The molecule has 1 aromatic heterocycles. The fourth-order valence-corrected chi connectivity index (χ4v) is 2.77. The molecule has 1 heterocycles. The normalized spacial score (nSPS) is 12.6. The SMILES string of the molecule is CCN(Cc1cccc(C)n1)C(CN)c1ccccc1C. The predicted octanol–water partition coefficient (Wildman–Crippen LogP) is 3.22. The van der Waals surface area contributed by atoms with Crippen molar-refractivity contribution in [3.05, 3.63) is 65.0 Å². The molecule has 0 amide bonds. The zero-order chi connectivity index (χ0) is 15.2. The Labute approximate surface area is 127 Å². The molecule has 0 saturated heterocycles. The van der Waals surface area contributed by atoms with Gasteiger partial charge in [0.25, 0.3) is 0 Å². The van der Waals surface area contributed by atoms with Crippen LogP contribution in [0.25, 0.3) is 0 Å². The molecular formula is C18H25N3. The number of hydrogen-bond donors (Lipinski definition) is 1. The van der Waals surface area contributed by atoms with Crippen molar-refractivity contribution in [3.63, 3.8) is 0 Å². The molecule has 0 spiro atoms. The quantitative estimate of drug-likeness (QED) is 0.885. The van der Waals surface area contributed by atoms with E-state index >= 15 is 0 Å². The monoisotopic (exact) mass is 283 g/mol. The lowest BCUT2D eigenvalue weighted by Gasteiger charge is -2.31. The first-order chi connectivity index (χ1) is 10.2. The summed E-state index contributed by atoms with van der Waals surface area (Å²) in [5.41, 5.74) is 10.8. The van der Waals surface area contributed by atoms with Gasteiger partial charge < -0.3 is 5.73 Å². The van der Waals surface area contributed by atoms with Crippen LogP contribution in [-0.2, 0) is 6.54 Å².